The lowest BCUT2D eigenvalue weighted by molar-refractivity contribution is -0.143. The van der Waals surface area contributed by atoms with Crippen molar-refractivity contribution < 1.29 is 24.2 Å². The van der Waals surface area contributed by atoms with Crippen molar-refractivity contribution in [1.82, 2.24) is 4.90 Å². The molecule has 7 heteroatoms. The molecule has 0 saturated heterocycles. The van der Waals surface area contributed by atoms with Crippen molar-refractivity contribution in [3.05, 3.63) is 23.8 Å². The lowest BCUT2D eigenvalue weighted by Gasteiger charge is -2.24. The molecule has 0 spiro atoms. The zero-order valence-corrected chi connectivity index (χ0v) is 14.8. The van der Waals surface area contributed by atoms with E-state index in [2.05, 4.69) is 0 Å². The van der Waals surface area contributed by atoms with Crippen molar-refractivity contribution >= 4 is 23.5 Å². The first kappa shape index (κ1) is 18.8. The third-order valence-electron chi connectivity index (χ3n) is 3.85. The molecule has 1 heterocycles. The molecular formula is C18H24N2O5. The average molecular weight is 348 g/mol. The van der Waals surface area contributed by atoms with E-state index in [0.29, 0.717) is 12.2 Å². The van der Waals surface area contributed by atoms with E-state index in [1.807, 2.05) is 13.8 Å². The van der Waals surface area contributed by atoms with Crippen LogP contribution in [-0.2, 0) is 14.3 Å². The fraction of sp³-hybridized carbons (Fsp3) is 0.500. The van der Waals surface area contributed by atoms with Crippen LogP contribution in [0.3, 0.4) is 0 Å². The summed E-state index contributed by atoms with van der Waals surface area (Å²) in [5.41, 5.74) is 0.746. The SMILES string of the molecule is CCOC(=O)CCN1CC(=O)N(CC(C)C)c2ccc(O)cc2C1=O. The van der Waals surface area contributed by atoms with Crippen LogP contribution in [-0.4, -0.2) is 54.0 Å². The number of phenols is 1. The highest BCUT2D eigenvalue weighted by molar-refractivity contribution is 6.09. The molecule has 0 aromatic heterocycles. The van der Waals surface area contributed by atoms with Crippen molar-refractivity contribution in [3.8, 4) is 5.75 Å². The maximum atomic E-state index is 12.8. The van der Waals surface area contributed by atoms with Gasteiger partial charge >= 0.3 is 5.97 Å². The molecule has 0 aliphatic carbocycles. The molecule has 1 aromatic carbocycles. The summed E-state index contributed by atoms with van der Waals surface area (Å²) in [5, 5.41) is 9.76. The van der Waals surface area contributed by atoms with Gasteiger partial charge in [-0.3, -0.25) is 14.4 Å². The van der Waals surface area contributed by atoms with Gasteiger partial charge in [0, 0.05) is 13.1 Å². The molecule has 2 amide bonds. The first-order chi connectivity index (χ1) is 11.8. The largest absolute Gasteiger partial charge is 0.508 e. The van der Waals surface area contributed by atoms with E-state index in [9.17, 15) is 19.5 Å². The van der Waals surface area contributed by atoms with Crippen LogP contribution < -0.4 is 4.90 Å². The molecular weight excluding hydrogens is 324 g/mol. The number of anilines is 1. The van der Waals surface area contributed by atoms with Gasteiger partial charge in [0.15, 0.2) is 0 Å². The second-order valence-corrected chi connectivity index (χ2v) is 6.38. The zero-order chi connectivity index (χ0) is 18.6. The fourth-order valence-electron chi connectivity index (χ4n) is 2.76. The van der Waals surface area contributed by atoms with Crippen molar-refractivity contribution in [2.75, 3.05) is 31.1 Å². The van der Waals surface area contributed by atoms with Crippen LogP contribution in [0.5, 0.6) is 5.75 Å². The predicted molar refractivity (Wildman–Crippen MR) is 92.5 cm³/mol. The highest BCUT2D eigenvalue weighted by atomic mass is 16.5. The lowest BCUT2D eigenvalue weighted by atomic mass is 10.1. The van der Waals surface area contributed by atoms with Crippen LogP contribution >= 0.6 is 0 Å². The summed E-state index contributed by atoms with van der Waals surface area (Å²) in [6.45, 7) is 6.40. The summed E-state index contributed by atoms with van der Waals surface area (Å²) in [5.74, 6) is -0.838. The molecule has 136 valence electrons. The van der Waals surface area contributed by atoms with Gasteiger partial charge in [-0.25, -0.2) is 0 Å². The number of rotatable bonds is 6. The van der Waals surface area contributed by atoms with Crippen LogP contribution in [0.15, 0.2) is 18.2 Å². The number of benzene rings is 1. The molecule has 0 fully saturated rings. The van der Waals surface area contributed by atoms with Crippen molar-refractivity contribution in [2.45, 2.75) is 27.2 Å². The number of hydrogen-bond donors (Lipinski definition) is 1. The van der Waals surface area contributed by atoms with Crippen molar-refractivity contribution in [1.29, 1.82) is 0 Å². The van der Waals surface area contributed by atoms with Gasteiger partial charge < -0.3 is 19.6 Å². The zero-order valence-electron chi connectivity index (χ0n) is 14.8. The Morgan fingerprint density at radius 2 is 2.04 bits per heavy atom. The Balaban J connectivity index is 2.32. The summed E-state index contributed by atoms with van der Waals surface area (Å²) in [7, 11) is 0. The lowest BCUT2D eigenvalue weighted by Crippen LogP contribution is -2.41. The Morgan fingerprint density at radius 3 is 2.68 bits per heavy atom. The molecule has 2 rings (SSSR count). The topological polar surface area (TPSA) is 87.2 Å². The second-order valence-electron chi connectivity index (χ2n) is 6.38. The Morgan fingerprint density at radius 1 is 1.32 bits per heavy atom. The van der Waals surface area contributed by atoms with Crippen LogP contribution in [0.25, 0.3) is 0 Å². The number of amides is 2. The Bertz CT molecular complexity index is 671. The molecule has 25 heavy (non-hydrogen) atoms. The summed E-state index contributed by atoms with van der Waals surface area (Å²) in [4.78, 5) is 40.0. The number of hydrogen-bond acceptors (Lipinski definition) is 5. The highest BCUT2D eigenvalue weighted by Crippen LogP contribution is 2.29. The molecule has 0 atom stereocenters. The van der Waals surface area contributed by atoms with E-state index in [-0.39, 0.29) is 55.2 Å². The number of nitrogens with zero attached hydrogens (tertiary/aromatic N) is 2. The van der Waals surface area contributed by atoms with E-state index >= 15 is 0 Å². The molecule has 0 saturated carbocycles. The minimum absolute atomic E-state index is 0.0190. The van der Waals surface area contributed by atoms with E-state index in [1.54, 1.807) is 17.9 Å². The molecule has 1 aromatic rings. The van der Waals surface area contributed by atoms with Gasteiger partial charge in [-0.05, 0) is 31.0 Å². The van der Waals surface area contributed by atoms with E-state index in [1.165, 1.54) is 17.0 Å². The predicted octanol–water partition coefficient (Wildman–Crippen LogP) is 1.79. The monoisotopic (exact) mass is 348 g/mol. The van der Waals surface area contributed by atoms with Crippen LogP contribution in [0.1, 0.15) is 37.6 Å². The number of fused-ring (bicyclic) bond motifs is 1. The maximum absolute atomic E-state index is 12.8. The molecule has 1 aliphatic heterocycles. The fourth-order valence-corrected chi connectivity index (χ4v) is 2.76. The molecule has 1 aliphatic rings. The Labute approximate surface area is 147 Å². The maximum Gasteiger partial charge on any atom is 0.307 e. The average Bonchev–Trinajstić information content (AvgIpc) is 2.63. The molecule has 0 bridgehead atoms. The van der Waals surface area contributed by atoms with E-state index in [0.717, 1.165) is 0 Å². The molecule has 0 unspecified atom stereocenters. The number of carbonyl (C=O) groups excluding carboxylic acids is 3. The number of carbonyl (C=O) groups is 3. The van der Waals surface area contributed by atoms with Gasteiger partial charge in [0.05, 0.1) is 24.3 Å². The quantitative estimate of drug-likeness (QED) is 0.792. The van der Waals surface area contributed by atoms with Crippen LogP contribution in [0, 0.1) is 5.92 Å². The summed E-state index contributed by atoms with van der Waals surface area (Å²) in [6.07, 6.45) is 0.0190. The first-order valence-corrected chi connectivity index (χ1v) is 8.41. The third kappa shape index (κ3) is 4.49. The van der Waals surface area contributed by atoms with Gasteiger partial charge in [-0.2, -0.15) is 0 Å². The molecule has 7 nitrogen and oxygen atoms in total. The Hall–Kier alpha value is -2.57. The van der Waals surface area contributed by atoms with Crippen LogP contribution in [0.2, 0.25) is 0 Å². The summed E-state index contributed by atoms with van der Waals surface area (Å²) >= 11 is 0. The second kappa shape index (κ2) is 8.00. The minimum atomic E-state index is -0.415. The smallest absolute Gasteiger partial charge is 0.307 e. The number of esters is 1. The Kier molecular flexibility index (Phi) is 6.01. The van der Waals surface area contributed by atoms with E-state index in [4.69, 9.17) is 4.74 Å². The number of phenolic OH excluding ortho intramolecular Hbond substituents is 1. The van der Waals surface area contributed by atoms with Gasteiger partial charge in [0.2, 0.25) is 5.91 Å². The van der Waals surface area contributed by atoms with E-state index < -0.39 is 5.97 Å². The summed E-state index contributed by atoms with van der Waals surface area (Å²) < 4.78 is 4.88. The third-order valence-corrected chi connectivity index (χ3v) is 3.85. The van der Waals surface area contributed by atoms with Gasteiger partial charge in [0.1, 0.15) is 12.3 Å². The molecule has 1 N–H and O–H groups in total. The van der Waals surface area contributed by atoms with Crippen molar-refractivity contribution in [2.24, 2.45) is 5.92 Å². The van der Waals surface area contributed by atoms with Gasteiger partial charge in [-0.15, -0.1) is 0 Å². The van der Waals surface area contributed by atoms with Gasteiger partial charge in [-0.1, -0.05) is 13.8 Å². The first-order valence-electron chi connectivity index (χ1n) is 8.41. The van der Waals surface area contributed by atoms with Crippen molar-refractivity contribution in [3.63, 3.8) is 0 Å². The number of aromatic hydroxyl groups is 1. The van der Waals surface area contributed by atoms with Gasteiger partial charge in [0.25, 0.3) is 5.91 Å². The minimum Gasteiger partial charge on any atom is -0.508 e. The molecule has 0 radical (unpaired) electrons. The normalized spacial score (nSPS) is 14.6. The summed E-state index contributed by atoms with van der Waals surface area (Å²) in [6, 6.07) is 4.40. The highest BCUT2D eigenvalue weighted by Gasteiger charge is 2.32. The standard InChI is InChI=1S/C18H24N2O5/c1-4-25-17(23)7-8-19-11-16(22)20(10-12(2)3)15-6-5-13(21)9-14(15)18(19)24/h5-6,9,12,21H,4,7-8,10-11H2,1-3H3. The van der Waals surface area contributed by atoms with Crippen LogP contribution in [0.4, 0.5) is 5.69 Å². The number of ether oxygens (including phenoxy) is 1.